The molecule has 0 saturated heterocycles. The van der Waals surface area contributed by atoms with E-state index in [0.717, 1.165) is 22.8 Å². The van der Waals surface area contributed by atoms with Gasteiger partial charge in [0.05, 0.1) is 12.1 Å². The van der Waals surface area contributed by atoms with Gasteiger partial charge in [-0.15, -0.1) is 10.2 Å². The van der Waals surface area contributed by atoms with Crippen LogP contribution in [0.4, 0.5) is 5.69 Å². The van der Waals surface area contributed by atoms with E-state index >= 15 is 0 Å². The first-order valence-electron chi connectivity index (χ1n) is 6.51. The van der Waals surface area contributed by atoms with Crippen LogP contribution < -0.4 is 5.32 Å². The molecule has 0 atom stereocenters. The molecule has 0 aliphatic rings. The topological polar surface area (TPSA) is 64.1 Å². The molecule has 0 amide bonds. The van der Waals surface area contributed by atoms with Crippen molar-refractivity contribution in [3.63, 3.8) is 0 Å². The van der Waals surface area contributed by atoms with Crippen LogP contribution in [0.3, 0.4) is 0 Å². The third-order valence-corrected chi connectivity index (χ3v) is 3.75. The number of aromatic nitrogens is 2. The molecule has 2 heterocycles. The second kappa shape index (κ2) is 5.88. The van der Waals surface area contributed by atoms with Crippen LogP contribution in [0.1, 0.15) is 17.4 Å². The van der Waals surface area contributed by atoms with Crippen LogP contribution in [-0.2, 0) is 6.54 Å². The summed E-state index contributed by atoms with van der Waals surface area (Å²) >= 11 is 2.27. The number of hydrogen-bond donors (Lipinski definition) is 1. The molecule has 1 aromatic carbocycles. The monoisotopic (exact) mass is 395 g/mol. The van der Waals surface area contributed by atoms with Crippen LogP contribution in [0.5, 0.6) is 0 Å². The molecule has 6 heteroatoms. The van der Waals surface area contributed by atoms with Crippen molar-refractivity contribution in [2.75, 3.05) is 5.32 Å². The molecule has 21 heavy (non-hydrogen) atoms. The third kappa shape index (κ3) is 3.26. The lowest BCUT2D eigenvalue weighted by Crippen LogP contribution is -1.99. The second-order valence-corrected chi connectivity index (χ2v) is 5.93. The molecular formula is C15H14IN3O2. The Morgan fingerprint density at radius 1 is 1.10 bits per heavy atom. The summed E-state index contributed by atoms with van der Waals surface area (Å²) in [4.78, 5) is 0. The highest BCUT2D eigenvalue weighted by molar-refractivity contribution is 14.1. The zero-order valence-corrected chi connectivity index (χ0v) is 13.8. The molecule has 1 N–H and O–H groups in total. The summed E-state index contributed by atoms with van der Waals surface area (Å²) in [6, 6.07) is 10.0. The number of hydrogen-bond acceptors (Lipinski definition) is 5. The Balaban J connectivity index is 1.70. The number of rotatable bonds is 4. The Bertz CT molecular complexity index is 747. The lowest BCUT2D eigenvalue weighted by Gasteiger charge is -2.02. The van der Waals surface area contributed by atoms with E-state index in [4.69, 9.17) is 8.83 Å². The summed E-state index contributed by atoms with van der Waals surface area (Å²) < 4.78 is 12.3. The predicted octanol–water partition coefficient (Wildman–Crippen LogP) is 4.16. The Labute approximate surface area is 135 Å². The van der Waals surface area contributed by atoms with Gasteiger partial charge in [0.2, 0.25) is 5.89 Å². The van der Waals surface area contributed by atoms with E-state index in [1.807, 2.05) is 44.2 Å². The van der Waals surface area contributed by atoms with Crippen molar-refractivity contribution in [3.8, 4) is 11.5 Å². The zero-order chi connectivity index (χ0) is 14.8. The number of anilines is 1. The first-order valence-corrected chi connectivity index (χ1v) is 7.59. The van der Waals surface area contributed by atoms with Gasteiger partial charge in [0, 0.05) is 9.26 Å². The first-order chi connectivity index (χ1) is 10.1. The molecule has 0 bridgehead atoms. The van der Waals surface area contributed by atoms with Crippen molar-refractivity contribution in [2.45, 2.75) is 20.4 Å². The summed E-state index contributed by atoms with van der Waals surface area (Å²) in [5, 5.41) is 11.4. The van der Waals surface area contributed by atoms with Gasteiger partial charge in [0.1, 0.15) is 11.5 Å². The fourth-order valence-electron chi connectivity index (χ4n) is 2.02. The molecular weight excluding hydrogens is 381 g/mol. The molecule has 0 spiro atoms. The van der Waals surface area contributed by atoms with E-state index in [1.165, 1.54) is 3.57 Å². The number of aryl methyl sites for hydroxylation is 2. The molecule has 0 aliphatic carbocycles. The molecule has 0 radical (unpaired) electrons. The fourth-order valence-corrected chi connectivity index (χ4v) is 2.38. The molecule has 5 nitrogen and oxygen atoms in total. The van der Waals surface area contributed by atoms with Gasteiger partial charge in [-0.3, -0.25) is 0 Å². The fraction of sp³-hybridized carbons (Fsp3) is 0.200. The average molecular weight is 395 g/mol. The highest BCUT2D eigenvalue weighted by Gasteiger charge is 2.14. The van der Waals surface area contributed by atoms with Gasteiger partial charge in [-0.2, -0.15) is 0 Å². The molecule has 0 saturated carbocycles. The molecule has 3 aromatic rings. The molecule has 2 aromatic heterocycles. The summed E-state index contributed by atoms with van der Waals surface area (Å²) in [5.41, 5.74) is 1.87. The van der Waals surface area contributed by atoms with Crippen LogP contribution >= 0.6 is 22.6 Å². The van der Waals surface area contributed by atoms with Gasteiger partial charge in [0.25, 0.3) is 5.89 Å². The van der Waals surface area contributed by atoms with Crippen molar-refractivity contribution in [1.82, 2.24) is 10.2 Å². The van der Waals surface area contributed by atoms with Crippen molar-refractivity contribution >= 4 is 28.3 Å². The summed E-state index contributed by atoms with van der Waals surface area (Å²) in [6.45, 7) is 4.27. The second-order valence-electron chi connectivity index (χ2n) is 4.69. The maximum Gasteiger partial charge on any atom is 0.251 e. The predicted molar refractivity (Wildman–Crippen MR) is 88.0 cm³/mol. The molecule has 0 fully saturated rings. The van der Waals surface area contributed by atoms with E-state index < -0.39 is 0 Å². The van der Waals surface area contributed by atoms with E-state index in [1.54, 1.807) is 0 Å². The number of nitrogens with zero attached hydrogens (tertiary/aromatic N) is 2. The molecule has 3 rings (SSSR count). The lowest BCUT2D eigenvalue weighted by atomic mass is 10.2. The number of nitrogens with one attached hydrogen (secondary N) is 1. The number of furan rings is 1. The maximum atomic E-state index is 5.66. The summed E-state index contributed by atoms with van der Waals surface area (Å²) in [5.74, 6) is 2.65. The van der Waals surface area contributed by atoms with E-state index in [-0.39, 0.29) is 0 Å². The van der Waals surface area contributed by atoms with Gasteiger partial charge in [0.15, 0.2) is 0 Å². The molecule has 108 valence electrons. The first kappa shape index (κ1) is 14.1. The van der Waals surface area contributed by atoms with Crippen LogP contribution in [0.25, 0.3) is 11.5 Å². The van der Waals surface area contributed by atoms with Crippen LogP contribution in [0.2, 0.25) is 0 Å². The molecule has 0 aliphatic heterocycles. The molecule has 0 unspecified atom stereocenters. The highest BCUT2D eigenvalue weighted by atomic mass is 127. The van der Waals surface area contributed by atoms with E-state index in [9.17, 15) is 0 Å². The van der Waals surface area contributed by atoms with Gasteiger partial charge in [-0.25, -0.2) is 0 Å². The lowest BCUT2D eigenvalue weighted by molar-refractivity contribution is 0.496. The van der Waals surface area contributed by atoms with Crippen LogP contribution in [0.15, 0.2) is 39.2 Å². The minimum Gasteiger partial charge on any atom is -0.466 e. The smallest absolute Gasteiger partial charge is 0.251 e. The van der Waals surface area contributed by atoms with Gasteiger partial charge in [-0.05, 0) is 66.8 Å². The summed E-state index contributed by atoms with van der Waals surface area (Å²) in [7, 11) is 0. The quantitative estimate of drug-likeness (QED) is 0.672. The number of benzene rings is 1. The van der Waals surface area contributed by atoms with Gasteiger partial charge >= 0.3 is 0 Å². The van der Waals surface area contributed by atoms with E-state index in [0.29, 0.717) is 18.3 Å². The van der Waals surface area contributed by atoms with Gasteiger partial charge < -0.3 is 14.2 Å². The largest absolute Gasteiger partial charge is 0.466 e. The SMILES string of the molecule is Cc1cc(-c2nnc(CNc3ccc(I)cc3)o2)c(C)o1. The third-order valence-electron chi connectivity index (χ3n) is 3.03. The van der Waals surface area contributed by atoms with Crippen molar-refractivity contribution in [2.24, 2.45) is 0 Å². The van der Waals surface area contributed by atoms with Crippen LogP contribution in [-0.4, -0.2) is 10.2 Å². The standard InChI is InChI=1S/C15H14IN3O2/c1-9-7-13(10(2)20-9)15-19-18-14(21-15)8-17-12-5-3-11(16)4-6-12/h3-7,17H,8H2,1-2H3. The minimum atomic E-state index is 0.490. The Kier molecular flexibility index (Phi) is 3.96. The number of halogens is 1. The minimum absolute atomic E-state index is 0.490. The normalized spacial score (nSPS) is 10.8. The van der Waals surface area contributed by atoms with Crippen LogP contribution in [0, 0.1) is 17.4 Å². The van der Waals surface area contributed by atoms with Crippen molar-refractivity contribution < 1.29 is 8.83 Å². The maximum absolute atomic E-state index is 5.66. The average Bonchev–Trinajstić information content (AvgIpc) is 3.04. The summed E-state index contributed by atoms with van der Waals surface area (Å²) in [6.07, 6.45) is 0. The van der Waals surface area contributed by atoms with Crippen molar-refractivity contribution in [3.05, 3.63) is 51.3 Å². The van der Waals surface area contributed by atoms with Gasteiger partial charge in [-0.1, -0.05) is 0 Å². The zero-order valence-electron chi connectivity index (χ0n) is 11.7. The van der Waals surface area contributed by atoms with E-state index in [2.05, 4.69) is 38.1 Å². The Morgan fingerprint density at radius 2 is 1.86 bits per heavy atom. The Hall–Kier alpha value is -1.83. The Morgan fingerprint density at radius 3 is 2.52 bits per heavy atom. The van der Waals surface area contributed by atoms with Crippen molar-refractivity contribution in [1.29, 1.82) is 0 Å². The highest BCUT2D eigenvalue weighted by Crippen LogP contribution is 2.25.